The molecule has 0 radical (unpaired) electrons. The number of hydrogen-bond acceptors (Lipinski definition) is 3. The van der Waals surface area contributed by atoms with E-state index in [0.717, 1.165) is 24.1 Å². The Morgan fingerprint density at radius 1 is 1.31 bits per heavy atom. The molecule has 1 aromatic heterocycles. The van der Waals surface area contributed by atoms with E-state index in [1.807, 2.05) is 13.0 Å². The monoisotopic (exact) mass is 237 g/mol. The molecule has 0 aromatic carbocycles. The lowest BCUT2D eigenvalue weighted by Gasteiger charge is -2.23. The van der Waals surface area contributed by atoms with Crippen molar-refractivity contribution in [2.75, 3.05) is 11.4 Å². The zero-order valence-corrected chi connectivity index (χ0v) is 10.2. The Hall–Kier alpha value is -0.830. The van der Waals surface area contributed by atoms with Crippen molar-refractivity contribution in [2.45, 2.75) is 38.6 Å². The average Bonchev–Trinajstić information content (AvgIpc) is 3.07. The number of hydrogen-bond donors (Lipinski definition) is 0. The predicted molar refractivity (Wildman–Crippen MR) is 64.9 cm³/mol. The lowest BCUT2D eigenvalue weighted by Crippen LogP contribution is -2.29. The first-order valence-electron chi connectivity index (χ1n) is 6.00. The standard InChI is InChI=1S/C12H16ClN3/c1-8-14-11(13)6-12(15-8)16(10-4-5-10)7-9-2-3-9/h6,9-10H,2-5,7H2,1H3. The van der Waals surface area contributed by atoms with E-state index in [-0.39, 0.29) is 0 Å². The summed E-state index contributed by atoms with van der Waals surface area (Å²) in [7, 11) is 0. The molecule has 0 N–H and O–H groups in total. The summed E-state index contributed by atoms with van der Waals surface area (Å²) in [6.45, 7) is 3.05. The van der Waals surface area contributed by atoms with Crippen LogP contribution in [0, 0.1) is 12.8 Å². The molecule has 2 saturated carbocycles. The van der Waals surface area contributed by atoms with E-state index in [1.165, 1.54) is 25.7 Å². The first kappa shape index (κ1) is 10.3. The second kappa shape index (κ2) is 3.88. The maximum absolute atomic E-state index is 5.99. The lowest BCUT2D eigenvalue weighted by molar-refractivity contribution is 0.705. The lowest BCUT2D eigenvalue weighted by atomic mass is 10.3. The number of aromatic nitrogens is 2. The van der Waals surface area contributed by atoms with Gasteiger partial charge in [0.1, 0.15) is 16.8 Å². The van der Waals surface area contributed by atoms with Gasteiger partial charge in [-0.05, 0) is 38.5 Å². The van der Waals surface area contributed by atoms with Crippen molar-refractivity contribution < 1.29 is 0 Å². The van der Waals surface area contributed by atoms with Gasteiger partial charge in [0.05, 0.1) is 0 Å². The minimum Gasteiger partial charge on any atom is -0.353 e. The van der Waals surface area contributed by atoms with E-state index in [9.17, 15) is 0 Å². The van der Waals surface area contributed by atoms with Gasteiger partial charge >= 0.3 is 0 Å². The van der Waals surface area contributed by atoms with Crippen LogP contribution in [0.4, 0.5) is 5.82 Å². The van der Waals surface area contributed by atoms with Crippen LogP contribution in [0.3, 0.4) is 0 Å². The van der Waals surface area contributed by atoms with Gasteiger partial charge in [-0.25, -0.2) is 9.97 Å². The van der Waals surface area contributed by atoms with E-state index < -0.39 is 0 Å². The SMILES string of the molecule is Cc1nc(Cl)cc(N(CC2CC2)C2CC2)n1. The normalized spacial score (nSPS) is 19.9. The molecule has 2 aliphatic carbocycles. The summed E-state index contributed by atoms with van der Waals surface area (Å²) in [6.07, 6.45) is 5.35. The van der Waals surface area contributed by atoms with Gasteiger partial charge in [-0.15, -0.1) is 0 Å². The van der Waals surface area contributed by atoms with E-state index in [2.05, 4.69) is 14.9 Å². The van der Waals surface area contributed by atoms with Crippen LogP contribution in [-0.4, -0.2) is 22.6 Å². The topological polar surface area (TPSA) is 29.0 Å². The maximum atomic E-state index is 5.99. The van der Waals surface area contributed by atoms with Crippen molar-refractivity contribution in [2.24, 2.45) is 5.92 Å². The van der Waals surface area contributed by atoms with Gasteiger partial charge in [-0.3, -0.25) is 0 Å². The fraction of sp³-hybridized carbons (Fsp3) is 0.667. The van der Waals surface area contributed by atoms with Crippen molar-refractivity contribution in [3.05, 3.63) is 17.0 Å². The number of halogens is 1. The third-order valence-electron chi connectivity index (χ3n) is 3.23. The van der Waals surface area contributed by atoms with Crippen LogP contribution < -0.4 is 4.90 Å². The fourth-order valence-corrected chi connectivity index (χ4v) is 2.28. The number of aryl methyl sites for hydroxylation is 1. The van der Waals surface area contributed by atoms with E-state index >= 15 is 0 Å². The number of anilines is 1. The van der Waals surface area contributed by atoms with Gasteiger partial charge in [-0.1, -0.05) is 11.6 Å². The molecule has 86 valence electrons. The van der Waals surface area contributed by atoms with Gasteiger partial charge in [-0.2, -0.15) is 0 Å². The van der Waals surface area contributed by atoms with Crippen LogP contribution >= 0.6 is 11.6 Å². The smallest absolute Gasteiger partial charge is 0.134 e. The van der Waals surface area contributed by atoms with Crippen LogP contribution in [-0.2, 0) is 0 Å². The second-order valence-electron chi connectivity index (χ2n) is 4.92. The fourth-order valence-electron chi connectivity index (χ4n) is 2.06. The van der Waals surface area contributed by atoms with Crippen molar-refractivity contribution in [3.8, 4) is 0 Å². The largest absolute Gasteiger partial charge is 0.353 e. The molecule has 4 heteroatoms. The van der Waals surface area contributed by atoms with E-state index in [4.69, 9.17) is 11.6 Å². The Bertz CT molecular complexity index is 379. The summed E-state index contributed by atoms with van der Waals surface area (Å²) in [6, 6.07) is 2.60. The molecule has 2 fully saturated rings. The summed E-state index contributed by atoms with van der Waals surface area (Å²) in [5.41, 5.74) is 0. The molecule has 0 amide bonds. The van der Waals surface area contributed by atoms with Crippen LogP contribution in [0.15, 0.2) is 6.07 Å². The highest BCUT2D eigenvalue weighted by atomic mass is 35.5. The minimum atomic E-state index is 0.559. The van der Waals surface area contributed by atoms with Gasteiger partial charge in [0.25, 0.3) is 0 Å². The van der Waals surface area contributed by atoms with E-state index in [1.54, 1.807) is 0 Å². The Kier molecular flexibility index (Phi) is 2.51. The molecule has 1 aromatic rings. The minimum absolute atomic E-state index is 0.559. The quantitative estimate of drug-likeness (QED) is 0.754. The van der Waals surface area contributed by atoms with Gasteiger partial charge in [0.15, 0.2) is 0 Å². The first-order valence-corrected chi connectivity index (χ1v) is 6.38. The maximum Gasteiger partial charge on any atom is 0.134 e. The highest BCUT2D eigenvalue weighted by molar-refractivity contribution is 6.29. The molecule has 0 unspecified atom stereocenters. The predicted octanol–water partition coefficient (Wildman–Crippen LogP) is 2.82. The molecular formula is C12H16ClN3. The van der Waals surface area contributed by atoms with Crippen LogP contribution in [0.1, 0.15) is 31.5 Å². The Balaban J connectivity index is 1.84. The summed E-state index contributed by atoms with van der Waals surface area (Å²) < 4.78 is 0. The van der Waals surface area contributed by atoms with Crippen molar-refractivity contribution >= 4 is 17.4 Å². The van der Waals surface area contributed by atoms with Crippen molar-refractivity contribution in [1.29, 1.82) is 0 Å². The molecule has 0 spiro atoms. The molecule has 0 aliphatic heterocycles. The van der Waals surface area contributed by atoms with Crippen molar-refractivity contribution in [1.82, 2.24) is 9.97 Å². The number of rotatable bonds is 4. The highest BCUT2D eigenvalue weighted by Crippen LogP contribution is 2.37. The number of nitrogens with zero attached hydrogens (tertiary/aromatic N) is 3. The summed E-state index contributed by atoms with van der Waals surface area (Å²) in [5.74, 6) is 2.67. The highest BCUT2D eigenvalue weighted by Gasteiger charge is 2.34. The first-order chi connectivity index (χ1) is 7.72. The van der Waals surface area contributed by atoms with Gasteiger partial charge in [0.2, 0.25) is 0 Å². The summed E-state index contributed by atoms with van der Waals surface area (Å²) >= 11 is 5.99. The third-order valence-corrected chi connectivity index (χ3v) is 3.42. The molecule has 3 rings (SSSR count). The Morgan fingerprint density at radius 2 is 2.06 bits per heavy atom. The molecule has 2 aliphatic rings. The van der Waals surface area contributed by atoms with Gasteiger partial charge in [0, 0.05) is 18.7 Å². The summed E-state index contributed by atoms with van der Waals surface area (Å²) in [5, 5.41) is 0.559. The van der Waals surface area contributed by atoms with Gasteiger partial charge < -0.3 is 4.90 Å². The molecule has 0 atom stereocenters. The summed E-state index contributed by atoms with van der Waals surface area (Å²) in [4.78, 5) is 11.1. The van der Waals surface area contributed by atoms with E-state index in [0.29, 0.717) is 11.2 Å². The molecule has 16 heavy (non-hydrogen) atoms. The molecule has 3 nitrogen and oxygen atoms in total. The van der Waals surface area contributed by atoms with Crippen molar-refractivity contribution in [3.63, 3.8) is 0 Å². The second-order valence-corrected chi connectivity index (χ2v) is 5.31. The molecule has 1 heterocycles. The molecular weight excluding hydrogens is 222 g/mol. The van der Waals surface area contributed by atoms with Crippen LogP contribution in [0.2, 0.25) is 5.15 Å². The Morgan fingerprint density at radius 3 is 2.62 bits per heavy atom. The van der Waals surface area contributed by atoms with Crippen LogP contribution in [0.25, 0.3) is 0 Å². The zero-order chi connectivity index (χ0) is 11.1. The third kappa shape index (κ3) is 2.29. The van der Waals surface area contributed by atoms with Crippen LogP contribution in [0.5, 0.6) is 0 Å². The zero-order valence-electron chi connectivity index (χ0n) is 9.49. The molecule has 0 bridgehead atoms. The molecule has 0 saturated heterocycles. The Labute approximate surface area is 101 Å². The average molecular weight is 238 g/mol.